The highest BCUT2D eigenvalue weighted by molar-refractivity contribution is 7.85. The van der Waals surface area contributed by atoms with E-state index in [0.717, 1.165) is 0 Å². The number of methoxy groups -OCH3 is 1. The van der Waals surface area contributed by atoms with Crippen LogP contribution >= 0.6 is 0 Å². The van der Waals surface area contributed by atoms with Gasteiger partial charge in [-0.25, -0.2) is 4.21 Å². The van der Waals surface area contributed by atoms with Crippen molar-refractivity contribution in [2.24, 2.45) is 0 Å². The van der Waals surface area contributed by atoms with Gasteiger partial charge in [-0.1, -0.05) is 12.1 Å². The first-order chi connectivity index (χ1) is 11.0. The Bertz CT molecular complexity index is 788. The number of aromatic carboxylic acids is 1. The molecule has 0 spiro atoms. The van der Waals surface area contributed by atoms with E-state index < -0.39 is 22.7 Å². The smallest absolute Gasteiger partial charge is 0.252 e. The molecule has 0 fully saturated rings. The number of carboxylic acids is 1. The lowest BCUT2D eigenvalue weighted by atomic mass is 10.2. The molecule has 0 aliphatic carbocycles. The number of benzene rings is 2. The van der Waals surface area contributed by atoms with Gasteiger partial charge in [-0.15, -0.1) is 0 Å². The number of rotatable bonds is 5. The van der Waals surface area contributed by atoms with Crippen molar-refractivity contribution in [3.05, 3.63) is 53.6 Å². The molecule has 0 unspecified atom stereocenters. The fraction of sp³-hybridized carbons (Fsp3) is 0.125. The predicted molar refractivity (Wildman–Crippen MR) is 81.8 cm³/mol. The molecule has 120 valence electrons. The molecule has 0 saturated heterocycles. The zero-order valence-electron chi connectivity index (χ0n) is 12.5. The number of hydrogen-bond donors (Lipinski definition) is 1. The van der Waals surface area contributed by atoms with E-state index in [1.54, 1.807) is 12.1 Å². The standard InChI is InChI=1S/C16H15NO5S/c1-17-15(18)11-5-3-4-6-13(11)23(21)14-8-7-10(22-2)9-12(14)16(19)20/h3-9H,1-2H3,(H,17,18)(H,19,20)/p-1/t23-/m1/s1. The molecule has 0 saturated carbocycles. The van der Waals surface area contributed by atoms with E-state index >= 15 is 0 Å². The second-order valence-corrected chi connectivity index (χ2v) is 5.91. The average molecular weight is 332 g/mol. The zero-order chi connectivity index (χ0) is 17.0. The lowest BCUT2D eigenvalue weighted by molar-refractivity contribution is -0.255. The highest BCUT2D eigenvalue weighted by atomic mass is 32.2. The van der Waals surface area contributed by atoms with Crippen molar-refractivity contribution in [1.82, 2.24) is 5.32 Å². The molecular weight excluding hydrogens is 318 g/mol. The average Bonchev–Trinajstić information content (AvgIpc) is 2.59. The van der Waals surface area contributed by atoms with Crippen LogP contribution in [0.5, 0.6) is 5.75 Å². The summed E-state index contributed by atoms with van der Waals surface area (Å²) in [4.78, 5) is 23.5. The SMILES string of the molecule is CNC(=O)c1ccccc1[S@@](=O)c1ccc(OC)cc1C(=O)[O-]. The molecular formula is C16H14NO5S-. The van der Waals surface area contributed by atoms with Gasteiger partial charge in [0.15, 0.2) is 0 Å². The number of ether oxygens (including phenoxy) is 1. The highest BCUT2D eigenvalue weighted by Crippen LogP contribution is 2.26. The van der Waals surface area contributed by atoms with Gasteiger partial charge in [0.05, 0.1) is 39.2 Å². The first-order valence-electron chi connectivity index (χ1n) is 6.62. The number of hydrogen-bond acceptors (Lipinski definition) is 5. The minimum Gasteiger partial charge on any atom is -0.545 e. The molecule has 23 heavy (non-hydrogen) atoms. The Morgan fingerprint density at radius 3 is 2.35 bits per heavy atom. The molecule has 0 bridgehead atoms. The molecule has 2 rings (SSSR count). The molecule has 7 heteroatoms. The third kappa shape index (κ3) is 3.40. The Kier molecular flexibility index (Phi) is 5.13. The lowest BCUT2D eigenvalue weighted by Crippen LogP contribution is -2.24. The van der Waals surface area contributed by atoms with Crippen molar-refractivity contribution in [2.45, 2.75) is 9.79 Å². The molecule has 2 aromatic rings. The summed E-state index contributed by atoms with van der Waals surface area (Å²) in [7, 11) is 0.995. The molecule has 6 nitrogen and oxygen atoms in total. The van der Waals surface area contributed by atoms with E-state index in [2.05, 4.69) is 5.32 Å². The summed E-state index contributed by atoms with van der Waals surface area (Å²) in [6.45, 7) is 0. The van der Waals surface area contributed by atoms with Crippen LogP contribution in [-0.4, -0.2) is 30.2 Å². The summed E-state index contributed by atoms with van der Waals surface area (Å²) in [5.41, 5.74) is -0.0251. The van der Waals surface area contributed by atoms with Gasteiger partial charge in [0, 0.05) is 12.6 Å². The maximum atomic E-state index is 12.8. The molecule has 2 aromatic carbocycles. The van der Waals surface area contributed by atoms with Gasteiger partial charge in [0.2, 0.25) is 0 Å². The van der Waals surface area contributed by atoms with E-state index in [1.165, 1.54) is 44.5 Å². The van der Waals surface area contributed by atoms with E-state index in [0.29, 0.717) is 5.75 Å². The van der Waals surface area contributed by atoms with Crippen LogP contribution in [0.25, 0.3) is 0 Å². The minimum absolute atomic E-state index is 0.0437. The first-order valence-corrected chi connectivity index (χ1v) is 7.76. The summed E-state index contributed by atoms with van der Waals surface area (Å²) in [6.07, 6.45) is 0. The number of carbonyl (C=O) groups excluding carboxylic acids is 2. The number of carboxylic acid groups (broad SMARTS) is 1. The third-order valence-electron chi connectivity index (χ3n) is 3.16. The fourth-order valence-electron chi connectivity index (χ4n) is 2.03. The van der Waals surface area contributed by atoms with Crippen LogP contribution in [0.3, 0.4) is 0 Å². The molecule has 0 aliphatic heterocycles. The Morgan fingerprint density at radius 2 is 1.74 bits per heavy atom. The molecule has 0 heterocycles. The van der Waals surface area contributed by atoms with Gasteiger partial charge in [-0.2, -0.15) is 0 Å². The van der Waals surface area contributed by atoms with Crippen molar-refractivity contribution < 1.29 is 23.6 Å². The maximum Gasteiger partial charge on any atom is 0.252 e. The summed E-state index contributed by atoms with van der Waals surface area (Å²) >= 11 is 0. The predicted octanol–water partition coefficient (Wildman–Crippen LogP) is 0.585. The Hall–Kier alpha value is -2.67. The number of nitrogens with one attached hydrogen (secondary N) is 1. The van der Waals surface area contributed by atoms with Crippen LogP contribution in [0.1, 0.15) is 20.7 Å². The number of carbonyl (C=O) groups is 2. The third-order valence-corrected chi connectivity index (χ3v) is 4.68. The quantitative estimate of drug-likeness (QED) is 0.864. The van der Waals surface area contributed by atoms with Crippen molar-refractivity contribution in [1.29, 1.82) is 0 Å². The van der Waals surface area contributed by atoms with Crippen molar-refractivity contribution in [3.8, 4) is 5.75 Å². The first kappa shape index (κ1) is 16.7. The van der Waals surface area contributed by atoms with Crippen LogP contribution in [0.2, 0.25) is 0 Å². The van der Waals surface area contributed by atoms with Gasteiger partial charge in [0.1, 0.15) is 5.75 Å². The molecule has 1 N–H and O–H groups in total. The summed E-state index contributed by atoms with van der Waals surface area (Å²) < 4.78 is 17.8. The second-order valence-electron chi connectivity index (χ2n) is 4.49. The van der Waals surface area contributed by atoms with Gasteiger partial charge < -0.3 is 20.0 Å². The summed E-state index contributed by atoms with van der Waals surface area (Å²) in [5.74, 6) is -1.56. The van der Waals surface area contributed by atoms with Crippen molar-refractivity contribution in [2.75, 3.05) is 14.2 Å². The van der Waals surface area contributed by atoms with Crippen LogP contribution < -0.4 is 15.2 Å². The Balaban J connectivity index is 2.58. The van der Waals surface area contributed by atoms with Gasteiger partial charge >= 0.3 is 0 Å². The molecule has 1 atom stereocenters. The van der Waals surface area contributed by atoms with E-state index in [4.69, 9.17) is 4.74 Å². The zero-order valence-corrected chi connectivity index (χ0v) is 13.3. The van der Waals surface area contributed by atoms with Gasteiger partial charge in [-0.05, 0) is 30.3 Å². The minimum atomic E-state index is -1.86. The van der Waals surface area contributed by atoms with Crippen LogP contribution in [0.4, 0.5) is 0 Å². The van der Waals surface area contributed by atoms with Crippen LogP contribution in [0, 0.1) is 0 Å². The lowest BCUT2D eigenvalue weighted by Gasteiger charge is -2.13. The van der Waals surface area contributed by atoms with Crippen LogP contribution in [0.15, 0.2) is 52.3 Å². The summed E-state index contributed by atoms with van der Waals surface area (Å²) in [5, 5.41) is 13.8. The molecule has 0 aromatic heterocycles. The topological polar surface area (TPSA) is 95.5 Å². The van der Waals surface area contributed by atoms with Crippen molar-refractivity contribution in [3.63, 3.8) is 0 Å². The van der Waals surface area contributed by atoms with Crippen LogP contribution in [-0.2, 0) is 10.8 Å². The monoisotopic (exact) mass is 332 g/mol. The van der Waals surface area contributed by atoms with Crippen molar-refractivity contribution >= 4 is 22.7 Å². The second kappa shape index (κ2) is 7.06. The Morgan fingerprint density at radius 1 is 1.09 bits per heavy atom. The fourth-order valence-corrected chi connectivity index (χ4v) is 3.36. The molecule has 0 aliphatic rings. The van der Waals surface area contributed by atoms with E-state index in [-0.39, 0.29) is 20.9 Å². The highest BCUT2D eigenvalue weighted by Gasteiger charge is 2.19. The summed E-state index contributed by atoms with van der Waals surface area (Å²) in [6, 6.07) is 10.4. The van der Waals surface area contributed by atoms with Gasteiger partial charge in [-0.3, -0.25) is 4.79 Å². The molecule has 0 radical (unpaired) electrons. The largest absolute Gasteiger partial charge is 0.545 e. The molecule has 1 amide bonds. The number of amides is 1. The normalized spacial score (nSPS) is 11.6. The van der Waals surface area contributed by atoms with E-state index in [9.17, 15) is 18.9 Å². The van der Waals surface area contributed by atoms with Gasteiger partial charge in [0.25, 0.3) is 5.91 Å². The Labute approximate surface area is 135 Å². The maximum absolute atomic E-state index is 12.8. The van der Waals surface area contributed by atoms with E-state index in [1.807, 2.05) is 0 Å².